The molecule has 0 saturated carbocycles. The summed E-state index contributed by atoms with van der Waals surface area (Å²) in [6.45, 7) is 4.24. The minimum absolute atomic E-state index is 0.0369. The highest BCUT2D eigenvalue weighted by molar-refractivity contribution is 6.05. The number of halogens is 2. The first-order valence-electron chi connectivity index (χ1n) is 9.69. The van der Waals surface area contributed by atoms with Crippen LogP contribution in [0.1, 0.15) is 42.1 Å². The molecule has 2 aromatic rings. The molecule has 0 radical (unpaired) electrons. The lowest BCUT2D eigenvalue weighted by atomic mass is 9.97. The third-order valence-electron chi connectivity index (χ3n) is 4.47. The van der Waals surface area contributed by atoms with Crippen molar-refractivity contribution in [3.63, 3.8) is 0 Å². The van der Waals surface area contributed by atoms with Gasteiger partial charge in [0.1, 0.15) is 17.8 Å². The molecule has 4 N–H and O–H groups in total. The molecule has 8 heteroatoms. The van der Waals surface area contributed by atoms with E-state index in [4.69, 9.17) is 10.5 Å². The normalized spacial score (nSPS) is 14.7. The first-order chi connectivity index (χ1) is 14.3. The second-order valence-electron chi connectivity index (χ2n) is 7.20. The molecule has 0 bridgehead atoms. The summed E-state index contributed by atoms with van der Waals surface area (Å²) in [5, 5.41) is 5.76. The second-order valence-corrected chi connectivity index (χ2v) is 7.20. The number of aliphatic imine (C=N–C) groups is 1. The molecule has 162 valence electrons. The van der Waals surface area contributed by atoms with Crippen molar-refractivity contribution in [2.75, 3.05) is 13.7 Å². The van der Waals surface area contributed by atoms with E-state index in [0.29, 0.717) is 18.6 Å². The smallest absolute Gasteiger partial charge is 0.257 e. The van der Waals surface area contributed by atoms with Crippen LogP contribution in [-0.4, -0.2) is 37.8 Å². The van der Waals surface area contributed by atoms with Crippen LogP contribution in [0.2, 0.25) is 0 Å². The van der Waals surface area contributed by atoms with E-state index < -0.39 is 17.9 Å². The Hall–Kier alpha value is -2.84. The average molecular weight is 418 g/mol. The monoisotopic (exact) mass is 418 g/mol. The maximum absolute atomic E-state index is 13.1. The lowest BCUT2D eigenvalue weighted by Crippen LogP contribution is -2.47. The van der Waals surface area contributed by atoms with Gasteiger partial charge in [-0.3, -0.25) is 10.1 Å². The molecule has 0 aliphatic carbocycles. The Morgan fingerprint density at radius 2 is 1.63 bits per heavy atom. The summed E-state index contributed by atoms with van der Waals surface area (Å²) in [6.07, 6.45) is -0.127. The van der Waals surface area contributed by atoms with Crippen molar-refractivity contribution in [1.82, 2.24) is 10.6 Å². The maximum atomic E-state index is 13.1. The zero-order valence-electron chi connectivity index (χ0n) is 17.4. The van der Waals surface area contributed by atoms with Crippen LogP contribution in [0.5, 0.6) is 0 Å². The molecule has 3 atom stereocenters. The van der Waals surface area contributed by atoms with Crippen molar-refractivity contribution in [3.8, 4) is 0 Å². The Morgan fingerprint density at radius 3 is 2.20 bits per heavy atom. The number of nitrogens with two attached hydrogens (primary N) is 1. The molecule has 6 nitrogen and oxygen atoms in total. The zero-order valence-corrected chi connectivity index (χ0v) is 17.4. The Bertz CT molecular complexity index is 841. The molecule has 0 aliphatic rings. The maximum Gasteiger partial charge on any atom is 0.257 e. The fourth-order valence-corrected chi connectivity index (χ4v) is 2.92. The standard InChI is InChI=1S/C22H28F2N4O2/c1-14(16-4-8-18(23)9-5-16)12-20(25)27-22(26-15(2)13-30-3)28-21(29)17-6-10-19(24)11-7-17/h4-11,14-15,20H,12-13,25H2,1-3H3,(H2,26,27,28,29)/t14?,15-,20?/m1/s1. The molecule has 0 aromatic heterocycles. The van der Waals surface area contributed by atoms with E-state index in [-0.39, 0.29) is 23.7 Å². The third kappa shape index (κ3) is 7.53. The fourth-order valence-electron chi connectivity index (χ4n) is 2.92. The van der Waals surface area contributed by atoms with Gasteiger partial charge in [-0.15, -0.1) is 0 Å². The van der Waals surface area contributed by atoms with E-state index in [0.717, 1.165) is 5.56 Å². The van der Waals surface area contributed by atoms with E-state index in [1.54, 1.807) is 19.2 Å². The van der Waals surface area contributed by atoms with Gasteiger partial charge in [0.05, 0.1) is 6.61 Å². The van der Waals surface area contributed by atoms with Gasteiger partial charge in [0.15, 0.2) is 5.96 Å². The van der Waals surface area contributed by atoms with Crippen LogP contribution in [0.25, 0.3) is 0 Å². The van der Waals surface area contributed by atoms with Crippen molar-refractivity contribution in [1.29, 1.82) is 0 Å². The fraction of sp³-hybridized carbons (Fsp3) is 0.364. The number of methoxy groups -OCH3 is 1. The van der Waals surface area contributed by atoms with Crippen LogP contribution < -0.4 is 16.4 Å². The predicted molar refractivity (Wildman–Crippen MR) is 113 cm³/mol. The van der Waals surface area contributed by atoms with Gasteiger partial charge in [-0.2, -0.15) is 0 Å². The van der Waals surface area contributed by atoms with Crippen LogP contribution in [0.3, 0.4) is 0 Å². The van der Waals surface area contributed by atoms with Gasteiger partial charge in [-0.1, -0.05) is 19.1 Å². The number of benzene rings is 2. The summed E-state index contributed by atoms with van der Waals surface area (Å²) in [4.78, 5) is 16.9. The molecule has 30 heavy (non-hydrogen) atoms. The number of hydrogen-bond donors (Lipinski definition) is 3. The van der Waals surface area contributed by atoms with Crippen LogP contribution in [0.4, 0.5) is 8.78 Å². The Labute approximate surface area is 175 Å². The van der Waals surface area contributed by atoms with Gasteiger partial charge in [-0.05, 0) is 61.2 Å². The number of carbonyl (C=O) groups is 1. The van der Waals surface area contributed by atoms with Crippen molar-refractivity contribution < 1.29 is 18.3 Å². The van der Waals surface area contributed by atoms with Gasteiger partial charge in [0.2, 0.25) is 0 Å². The third-order valence-corrected chi connectivity index (χ3v) is 4.47. The van der Waals surface area contributed by atoms with Gasteiger partial charge in [0, 0.05) is 18.7 Å². The molecule has 0 fully saturated rings. The number of carbonyl (C=O) groups excluding carboxylic acids is 1. The summed E-state index contributed by atoms with van der Waals surface area (Å²) in [7, 11) is 1.57. The average Bonchev–Trinajstić information content (AvgIpc) is 2.68. The number of rotatable bonds is 8. The van der Waals surface area contributed by atoms with Gasteiger partial charge in [0.25, 0.3) is 5.91 Å². The quantitative estimate of drug-likeness (QED) is 0.454. The Kier molecular flexibility index (Phi) is 8.89. The predicted octanol–water partition coefficient (Wildman–Crippen LogP) is 3.15. The minimum Gasteiger partial charge on any atom is -0.383 e. The minimum atomic E-state index is -0.615. The van der Waals surface area contributed by atoms with E-state index in [2.05, 4.69) is 15.6 Å². The topological polar surface area (TPSA) is 88.7 Å². The molecular formula is C22H28F2N4O2. The summed E-state index contributed by atoms with van der Waals surface area (Å²) in [5.74, 6) is -0.924. The van der Waals surface area contributed by atoms with Gasteiger partial charge >= 0.3 is 0 Å². The summed E-state index contributed by atoms with van der Waals surface area (Å²) in [5.41, 5.74) is 7.43. The highest BCUT2D eigenvalue weighted by atomic mass is 19.1. The van der Waals surface area contributed by atoms with Crippen molar-refractivity contribution in [2.24, 2.45) is 10.7 Å². The molecular weight excluding hydrogens is 390 g/mol. The lowest BCUT2D eigenvalue weighted by molar-refractivity contribution is 0.0974. The van der Waals surface area contributed by atoms with Crippen LogP contribution >= 0.6 is 0 Å². The van der Waals surface area contributed by atoms with Crippen LogP contribution in [0.15, 0.2) is 53.5 Å². The molecule has 2 aromatic carbocycles. The summed E-state index contributed by atoms with van der Waals surface area (Å²) in [6, 6.07) is 11.3. The Balaban J connectivity index is 2.11. The lowest BCUT2D eigenvalue weighted by Gasteiger charge is -2.20. The number of guanidine groups is 1. The zero-order chi connectivity index (χ0) is 22.1. The molecule has 2 rings (SSSR count). The van der Waals surface area contributed by atoms with E-state index >= 15 is 0 Å². The number of ether oxygens (including phenoxy) is 1. The van der Waals surface area contributed by atoms with E-state index in [9.17, 15) is 13.6 Å². The van der Waals surface area contributed by atoms with Crippen LogP contribution in [0, 0.1) is 11.6 Å². The largest absolute Gasteiger partial charge is 0.383 e. The Morgan fingerprint density at radius 1 is 1.07 bits per heavy atom. The molecule has 1 amide bonds. The first kappa shape index (κ1) is 23.4. The van der Waals surface area contributed by atoms with Crippen molar-refractivity contribution >= 4 is 11.9 Å². The molecule has 0 spiro atoms. The van der Waals surface area contributed by atoms with Crippen molar-refractivity contribution in [2.45, 2.75) is 38.4 Å². The molecule has 0 saturated heterocycles. The highest BCUT2D eigenvalue weighted by Crippen LogP contribution is 2.20. The van der Waals surface area contributed by atoms with Crippen molar-refractivity contribution in [3.05, 3.63) is 71.3 Å². The molecule has 0 aliphatic heterocycles. The van der Waals surface area contributed by atoms with Gasteiger partial charge in [-0.25, -0.2) is 13.8 Å². The van der Waals surface area contributed by atoms with Crippen LogP contribution in [-0.2, 0) is 4.74 Å². The second kappa shape index (κ2) is 11.4. The summed E-state index contributed by atoms with van der Waals surface area (Å²) >= 11 is 0. The molecule has 0 heterocycles. The summed E-state index contributed by atoms with van der Waals surface area (Å²) < 4.78 is 31.3. The van der Waals surface area contributed by atoms with E-state index in [1.165, 1.54) is 36.4 Å². The number of hydrogen-bond acceptors (Lipinski definition) is 4. The first-order valence-corrected chi connectivity index (χ1v) is 9.69. The van der Waals surface area contributed by atoms with Gasteiger partial charge < -0.3 is 15.8 Å². The number of nitrogens with zero attached hydrogens (tertiary/aromatic N) is 1. The molecule has 2 unspecified atom stereocenters. The number of amides is 1. The van der Waals surface area contributed by atoms with E-state index in [1.807, 2.05) is 13.8 Å². The number of nitrogens with one attached hydrogen (secondary N) is 2. The highest BCUT2D eigenvalue weighted by Gasteiger charge is 2.15. The SMILES string of the molecule is COC[C@@H](C)NC(=NC(N)CC(C)c1ccc(F)cc1)NC(=O)c1ccc(F)cc1.